The molecule has 1 N–H and O–H groups in total. The van der Waals surface area contributed by atoms with E-state index in [1.807, 2.05) is 32.4 Å². The highest BCUT2D eigenvalue weighted by Crippen LogP contribution is 2.20. The number of carbonyl (C=O) groups excluding carboxylic acids is 1. The van der Waals surface area contributed by atoms with Crippen molar-refractivity contribution in [3.8, 4) is 0 Å². The van der Waals surface area contributed by atoms with E-state index < -0.39 is 0 Å². The van der Waals surface area contributed by atoms with Gasteiger partial charge in [-0.1, -0.05) is 19.1 Å². The molecule has 0 saturated carbocycles. The first kappa shape index (κ1) is 17.5. The first-order valence-corrected chi connectivity index (χ1v) is 8.77. The molecule has 2 aromatic rings. The van der Waals surface area contributed by atoms with Crippen LogP contribution in [0.15, 0.2) is 36.7 Å². The smallest absolute Gasteiger partial charge is 0.220 e. The first-order chi connectivity index (χ1) is 12.0. The molecule has 1 aromatic carbocycles. The Morgan fingerprint density at radius 3 is 3.04 bits per heavy atom. The van der Waals surface area contributed by atoms with E-state index in [0.29, 0.717) is 12.8 Å². The molecule has 3 rings (SSSR count). The third-order valence-electron chi connectivity index (χ3n) is 4.62. The molecular formula is C19H25FN4O. The normalized spacial score (nSPS) is 18.4. The van der Waals surface area contributed by atoms with Gasteiger partial charge in [-0.05, 0) is 36.5 Å². The van der Waals surface area contributed by atoms with Crippen molar-refractivity contribution in [1.29, 1.82) is 0 Å². The fourth-order valence-electron chi connectivity index (χ4n) is 3.43. The Kier molecular flexibility index (Phi) is 5.36. The maximum Gasteiger partial charge on any atom is 0.220 e. The van der Waals surface area contributed by atoms with E-state index in [1.165, 1.54) is 12.1 Å². The van der Waals surface area contributed by atoms with Crippen molar-refractivity contribution in [3.05, 3.63) is 48.0 Å². The monoisotopic (exact) mass is 344 g/mol. The van der Waals surface area contributed by atoms with Crippen LogP contribution < -0.4 is 10.2 Å². The Morgan fingerprint density at radius 1 is 1.48 bits per heavy atom. The second kappa shape index (κ2) is 7.68. The highest BCUT2D eigenvalue weighted by molar-refractivity contribution is 5.76. The molecular weight excluding hydrogens is 319 g/mol. The largest absolute Gasteiger partial charge is 0.367 e. The molecule has 6 heteroatoms. The number of halogens is 1. The summed E-state index contributed by atoms with van der Waals surface area (Å²) in [6, 6.07) is 6.77. The zero-order valence-corrected chi connectivity index (χ0v) is 14.8. The summed E-state index contributed by atoms with van der Waals surface area (Å²) < 4.78 is 15.0. The molecule has 1 aromatic heterocycles. The lowest BCUT2D eigenvalue weighted by Gasteiger charge is -2.18. The average Bonchev–Trinajstić information content (AvgIpc) is 3.16. The maximum absolute atomic E-state index is 13.2. The molecule has 1 aliphatic heterocycles. The van der Waals surface area contributed by atoms with E-state index in [9.17, 15) is 9.18 Å². The molecule has 1 amide bonds. The first-order valence-electron chi connectivity index (χ1n) is 8.77. The molecule has 0 spiro atoms. The topological polar surface area (TPSA) is 50.2 Å². The molecule has 0 aliphatic carbocycles. The summed E-state index contributed by atoms with van der Waals surface area (Å²) in [5, 5.41) is 7.33. The third-order valence-corrected chi connectivity index (χ3v) is 4.62. The number of hydrogen-bond donors (Lipinski definition) is 1. The minimum atomic E-state index is -0.226. The van der Waals surface area contributed by atoms with Gasteiger partial charge in [0.1, 0.15) is 5.82 Å². The second-order valence-corrected chi connectivity index (χ2v) is 7.01. The summed E-state index contributed by atoms with van der Waals surface area (Å²) >= 11 is 0. The Bertz CT molecular complexity index is 730. The van der Waals surface area contributed by atoms with Crippen LogP contribution >= 0.6 is 0 Å². The van der Waals surface area contributed by atoms with Crippen molar-refractivity contribution >= 4 is 11.6 Å². The van der Waals surface area contributed by atoms with Crippen molar-refractivity contribution < 1.29 is 9.18 Å². The number of aryl methyl sites for hydroxylation is 1. The SMILES string of the molecule is C[C@@H](CC(=O)N[C@@H]1CCN(c2cnn(C)c2)C1)Cc1cccc(F)c1. The van der Waals surface area contributed by atoms with Gasteiger partial charge in [0.25, 0.3) is 0 Å². The minimum Gasteiger partial charge on any atom is -0.367 e. The third kappa shape index (κ3) is 4.81. The van der Waals surface area contributed by atoms with Crippen molar-refractivity contribution in [2.24, 2.45) is 13.0 Å². The second-order valence-electron chi connectivity index (χ2n) is 7.01. The van der Waals surface area contributed by atoms with E-state index in [4.69, 9.17) is 0 Å². The summed E-state index contributed by atoms with van der Waals surface area (Å²) in [7, 11) is 1.90. The predicted molar refractivity (Wildman–Crippen MR) is 95.9 cm³/mol. The van der Waals surface area contributed by atoms with E-state index in [-0.39, 0.29) is 23.7 Å². The number of nitrogens with zero attached hydrogens (tertiary/aromatic N) is 3. The fourth-order valence-corrected chi connectivity index (χ4v) is 3.43. The van der Waals surface area contributed by atoms with Crippen LogP contribution in [0.1, 0.15) is 25.3 Å². The molecule has 0 unspecified atom stereocenters. The lowest BCUT2D eigenvalue weighted by Crippen LogP contribution is -2.37. The molecule has 25 heavy (non-hydrogen) atoms. The van der Waals surface area contributed by atoms with Crippen LogP contribution in [0.4, 0.5) is 10.1 Å². The number of rotatable bonds is 6. The molecule has 0 radical (unpaired) electrons. The Hall–Kier alpha value is -2.37. The maximum atomic E-state index is 13.2. The molecule has 5 nitrogen and oxygen atoms in total. The van der Waals surface area contributed by atoms with E-state index in [2.05, 4.69) is 15.3 Å². The van der Waals surface area contributed by atoms with Gasteiger partial charge in [-0.2, -0.15) is 5.10 Å². The predicted octanol–water partition coefficient (Wildman–Crippen LogP) is 2.52. The highest BCUT2D eigenvalue weighted by Gasteiger charge is 2.25. The van der Waals surface area contributed by atoms with Crippen LogP contribution in [0, 0.1) is 11.7 Å². The van der Waals surface area contributed by atoms with Gasteiger partial charge >= 0.3 is 0 Å². The van der Waals surface area contributed by atoms with Gasteiger partial charge in [0.05, 0.1) is 11.9 Å². The van der Waals surface area contributed by atoms with E-state index in [0.717, 1.165) is 30.8 Å². The average molecular weight is 344 g/mol. The van der Waals surface area contributed by atoms with Gasteiger partial charge in [-0.25, -0.2) is 4.39 Å². The number of benzene rings is 1. The standard InChI is InChI=1S/C19H25FN4O/c1-14(8-15-4-3-5-16(20)10-15)9-19(25)22-17-6-7-24(12-17)18-11-21-23(2)13-18/h3-5,10-11,13-14,17H,6-9,12H2,1-2H3,(H,22,25)/t14-,17-/m1/s1. The van der Waals surface area contributed by atoms with Gasteiger partial charge in [0.2, 0.25) is 5.91 Å². The zero-order chi connectivity index (χ0) is 17.8. The lowest BCUT2D eigenvalue weighted by atomic mass is 9.97. The van der Waals surface area contributed by atoms with Gasteiger partial charge in [0.15, 0.2) is 0 Å². The van der Waals surface area contributed by atoms with E-state index >= 15 is 0 Å². The molecule has 0 bridgehead atoms. The number of nitrogens with one attached hydrogen (secondary N) is 1. The summed E-state index contributed by atoms with van der Waals surface area (Å²) in [5.74, 6) is 0.0233. The van der Waals surface area contributed by atoms with Gasteiger partial charge in [0, 0.05) is 38.8 Å². The Labute approximate surface area is 147 Å². The summed E-state index contributed by atoms with van der Waals surface area (Å²) in [6.07, 6.45) is 5.95. The fraction of sp³-hybridized carbons (Fsp3) is 0.474. The van der Waals surface area contributed by atoms with E-state index in [1.54, 1.807) is 10.7 Å². The Morgan fingerprint density at radius 2 is 2.32 bits per heavy atom. The van der Waals surface area contributed by atoms with Gasteiger partial charge < -0.3 is 10.2 Å². The van der Waals surface area contributed by atoms with Crippen LogP contribution in [-0.2, 0) is 18.3 Å². The highest BCUT2D eigenvalue weighted by atomic mass is 19.1. The molecule has 2 atom stereocenters. The number of amides is 1. The summed E-state index contributed by atoms with van der Waals surface area (Å²) in [6.45, 7) is 3.77. The van der Waals surface area contributed by atoms with Gasteiger partial charge in [-0.15, -0.1) is 0 Å². The number of hydrogen-bond acceptors (Lipinski definition) is 3. The van der Waals surface area contributed by atoms with Crippen LogP contribution in [0.2, 0.25) is 0 Å². The van der Waals surface area contributed by atoms with Crippen LogP contribution in [0.3, 0.4) is 0 Å². The number of carbonyl (C=O) groups is 1. The number of aromatic nitrogens is 2. The lowest BCUT2D eigenvalue weighted by molar-refractivity contribution is -0.122. The molecule has 134 valence electrons. The summed E-state index contributed by atoms with van der Waals surface area (Å²) in [4.78, 5) is 14.5. The van der Waals surface area contributed by atoms with Crippen molar-refractivity contribution in [2.75, 3.05) is 18.0 Å². The quantitative estimate of drug-likeness (QED) is 0.876. The van der Waals surface area contributed by atoms with Crippen LogP contribution in [-0.4, -0.2) is 34.8 Å². The molecule has 2 heterocycles. The molecule has 1 fully saturated rings. The molecule has 1 aliphatic rings. The molecule has 1 saturated heterocycles. The van der Waals surface area contributed by atoms with Crippen molar-refractivity contribution in [1.82, 2.24) is 15.1 Å². The Balaban J connectivity index is 1.45. The van der Waals surface area contributed by atoms with Crippen molar-refractivity contribution in [2.45, 2.75) is 32.2 Å². The summed E-state index contributed by atoms with van der Waals surface area (Å²) in [5.41, 5.74) is 2.03. The minimum absolute atomic E-state index is 0.0712. The van der Waals surface area contributed by atoms with Crippen LogP contribution in [0.25, 0.3) is 0 Å². The zero-order valence-electron chi connectivity index (χ0n) is 14.8. The van der Waals surface area contributed by atoms with Gasteiger partial charge in [-0.3, -0.25) is 9.48 Å². The van der Waals surface area contributed by atoms with Crippen LogP contribution in [0.5, 0.6) is 0 Å². The number of anilines is 1. The van der Waals surface area contributed by atoms with Crippen molar-refractivity contribution in [3.63, 3.8) is 0 Å².